The van der Waals surface area contributed by atoms with Crippen molar-refractivity contribution in [3.63, 3.8) is 0 Å². The zero-order chi connectivity index (χ0) is 22.7. The summed E-state index contributed by atoms with van der Waals surface area (Å²) in [4.78, 5) is 22.8. The van der Waals surface area contributed by atoms with Crippen molar-refractivity contribution in [1.29, 1.82) is 0 Å². The highest BCUT2D eigenvalue weighted by atomic mass is 35.5. The molecule has 0 aliphatic carbocycles. The van der Waals surface area contributed by atoms with Gasteiger partial charge in [-0.1, -0.05) is 11.6 Å². The maximum absolute atomic E-state index is 12.3. The van der Waals surface area contributed by atoms with Crippen molar-refractivity contribution in [1.82, 2.24) is 5.43 Å². The zero-order valence-corrected chi connectivity index (χ0v) is 17.5. The molecule has 4 aromatic rings. The molecule has 162 valence electrons. The van der Waals surface area contributed by atoms with Crippen LogP contribution in [0.2, 0.25) is 5.02 Å². The molecule has 0 bridgehead atoms. The second kappa shape index (κ2) is 8.94. The minimum atomic E-state index is -0.538. The van der Waals surface area contributed by atoms with Crippen LogP contribution in [-0.4, -0.2) is 23.7 Å². The Labute approximate surface area is 186 Å². The van der Waals surface area contributed by atoms with Gasteiger partial charge in [0.05, 0.1) is 22.8 Å². The average Bonchev–Trinajstić information content (AvgIpc) is 3.41. The maximum atomic E-state index is 12.3. The molecule has 32 heavy (non-hydrogen) atoms. The van der Waals surface area contributed by atoms with Crippen molar-refractivity contribution < 1.29 is 23.3 Å². The number of fused-ring (bicyclic) bond motifs is 1. The number of nitro benzene ring substituents is 1. The number of hydrogen-bond donors (Lipinski definition) is 1. The number of ether oxygens (including phenoxy) is 1. The van der Waals surface area contributed by atoms with E-state index in [-0.39, 0.29) is 11.4 Å². The molecule has 0 unspecified atom stereocenters. The SMILES string of the molecule is CCOc1ccc2oc(C(=O)N/N=C/c3ccc(-c4cc([N+](=O)[O-])ccc4Cl)o3)cc2c1. The van der Waals surface area contributed by atoms with E-state index in [0.717, 1.165) is 5.39 Å². The Bertz CT molecular complexity index is 1340. The molecule has 2 heterocycles. The van der Waals surface area contributed by atoms with Gasteiger partial charge in [-0.3, -0.25) is 14.9 Å². The van der Waals surface area contributed by atoms with E-state index in [9.17, 15) is 14.9 Å². The number of amides is 1. The number of carbonyl (C=O) groups excluding carboxylic acids is 1. The lowest BCUT2D eigenvalue weighted by Crippen LogP contribution is -2.16. The topological polar surface area (TPSA) is 120 Å². The van der Waals surface area contributed by atoms with Crippen LogP contribution in [0.15, 0.2) is 68.5 Å². The van der Waals surface area contributed by atoms with Crippen molar-refractivity contribution in [3.05, 3.63) is 81.3 Å². The number of benzene rings is 2. The van der Waals surface area contributed by atoms with Crippen molar-refractivity contribution in [3.8, 4) is 17.1 Å². The number of nitro groups is 1. The standard InChI is InChI=1S/C22H16ClN3O6/c1-2-30-15-4-7-19-13(9-15)10-21(32-19)22(27)25-24-12-16-5-8-20(31-16)17-11-14(26(28)29)3-6-18(17)23/h3-12H,2H2,1H3,(H,25,27)/b24-12+. The number of rotatable bonds is 7. The average molecular weight is 454 g/mol. The number of hydrogen-bond acceptors (Lipinski definition) is 7. The van der Waals surface area contributed by atoms with Gasteiger partial charge in [-0.2, -0.15) is 5.10 Å². The monoisotopic (exact) mass is 453 g/mol. The van der Waals surface area contributed by atoms with Crippen LogP contribution in [0, 0.1) is 10.1 Å². The molecule has 2 aromatic carbocycles. The number of nitrogens with one attached hydrogen (secondary N) is 1. The van der Waals surface area contributed by atoms with E-state index >= 15 is 0 Å². The molecule has 0 saturated carbocycles. The Balaban J connectivity index is 1.45. The van der Waals surface area contributed by atoms with Crippen molar-refractivity contribution in [2.75, 3.05) is 6.61 Å². The third kappa shape index (κ3) is 4.47. The smallest absolute Gasteiger partial charge is 0.307 e. The molecule has 0 atom stereocenters. The molecule has 10 heteroatoms. The number of nitrogens with zero attached hydrogens (tertiary/aromatic N) is 2. The number of non-ortho nitro benzene ring substituents is 1. The van der Waals surface area contributed by atoms with Crippen LogP contribution >= 0.6 is 11.6 Å². The molecule has 0 aliphatic heterocycles. The van der Waals surface area contributed by atoms with Crippen LogP contribution in [0.3, 0.4) is 0 Å². The van der Waals surface area contributed by atoms with E-state index in [1.165, 1.54) is 24.4 Å². The fourth-order valence-corrected chi connectivity index (χ4v) is 3.19. The summed E-state index contributed by atoms with van der Waals surface area (Å²) in [6.07, 6.45) is 1.29. The van der Waals surface area contributed by atoms with Crippen LogP contribution in [0.1, 0.15) is 23.2 Å². The summed E-state index contributed by atoms with van der Waals surface area (Å²) in [5.74, 6) is 0.879. The summed E-state index contributed by atoms with van der Waals surface area (Å²) in [6, 6.07) is 14.1. The Hall–Kier alpha value is -4.11. The van der Waals surface area contributed by atoms with Crippen LogP contribution in [0.25, 0.3) is 22.3 Å². The lowest BCUT2D eigenvalue weighted by Gasteiger charge is -2.00. The van der Waals surface area contributed by atoms with E-state index in [2.05, 4.69) is 10.5 Å². The quantitative estimate of drug-likeness (QED) is 0.227. The lowest BCUT2D eigenvalue weighted by molar-refractivity contribution is -0.384. The first-order valence-electron chi connectivity index (χ1n) is 9.48. The first kappa shape index (κ1) is 21.1. The Morgan fingerprint density at radius 2 is 2.03 bits per heavy atom. The minimum absolute atomic E-state index is 0.0920. The molecule has 4 rings (SSSR count). The zero-order valence-electron chi connectivity index (χ0n) is 16.7. The van der Waals surface area contributed by atoms with Gasteiger partial charge >= 0.3 is 5.91 Å². The molecule has 2 aromatic heterocycles. The summed E-state index contributed by atoms with van der Waals surface area (Å²) < 4.78 is 16.6. The van der Waals surface area contributed by atoms with Crippen LogP contribution < -0.4 is 10.2 Å². The molecule has 0 aliphatic rings. The van der Waals surface area contributed by atoms with Gasteiger partial charge in [0.25, 0.3) is 5.69 Å². The predicted octanol–water partition coefficient (Wildman–Crippen LogP) is 5.42. The van der Waals surface area contributed by atoms with Crippen LogP contribution in [0.4, 0.5) is 5.69 Å². The fraction of sp³-hybridized carbons (Fsp3) is 0.0909. The van der Waals surface area contributed by atoms with E-state index in [4.69, 9.17) is 25.2 Å². The highest BCUT2D eigenvalue weighted by Crippen LogP contribution is 2.32. The largest absolute Gasteiger partial charge is 0.494 e. The lowest BCUT2D eigenvalue weighted by atomic mass is 10.1. The summed E-state index contributed by atoms with van der Waals surface area (Å²) in [6.45, 7) is 2.42. The summed E-state index contributed by atoms with van der Waals surface area (Å²) in [7, 11) is 0. The van der Waals surface area contributed by atoms with E-state index in [1.54, 1.807) is 36.4 Å². The number of hydrazone groups is 1. The van der Waals surface area contributed by atoms with Gasteiger partial charge in [0, 0.05) is 23.1 Å². The molecular formula is C22H16ClN3O6. The number of furan rings is 2. The second-order valence-corrected chi connectivity index (χ2v) is 6.97. The van der Waals surface area contributed by atoms with Crippen LogP contribution in [0.5, 0.6) is 5.75 Å². The first-order valence-corrected chi connectivity index (χ1v) is 9.86. The van der Waals surface area contributed by atoms with Gasteiger partial charge in [-0.05, 0) is 49.4 Å². The van der Waals surface area contributed by atoms with Gasteiger partial charge in [0.1, 0.15) is 22.9 Å². The Morgan fingerprint density at radius 3 is 2.81 bits per heavy atom. The van der Waals surface area contributed by atoms with Crippen molar-refractivity contribution in [2.24, 2.45) is 5.10 Å². The van der Waals surface area contributed by atoms with Gasteiger partial charge in [0.15, 0.2) is 5.76 Å². The van der Waals surface area contributed by atoms with E-state index in [1.807, 2.05) is 6.92 Å². The molecule has 1 N–H and O–H groups in total. The minimum Gasteiger partial charge on any atom is -0.494 e. The highest BCUT2D eigenvalue weighted by Gasteiger charge is 2.15. The van der Waals surface area contributed by atoms with Crippen molar-refractivity contribution in [2.45, 2.75) is 6.92 Å². The molecular weight excluding hydrogens is 438 g/mol. The van der Waals surface area contributed by atoms with Crippen molar-refractivity contribution >= 4 is 40.4 Å². The van der Waals surface area contributed by atoms with Crippen LogP contribution in [-0.2, 0) is 0 Å². The first-order chi connectivity index (χ1) is 15.4. The second-order valence-electron chi connectivity index (χ2n) is 6.57. The maximum Gasteiger partial charge on any atom is 0.307 e. The number of halogens is 1. The van der Waals surface area contributed by atoms with E-state index in [0.29, 0.717) is 40.0 Å². The highest BCUT2D eigenvalue weighted by molar-refractivity contribution is 6.33. The third-order valence-electron chi connectivity index (χ3n) is 4.43. The molecule has 0 fully saturated rings. The van der Waals surface area contributed by atoms with Gasteiger partial charge in [0.2, 0.25) is 0 Å². The normalized spacial score (nSPS) is 11.2. The Morgan fingerprint density at radius 1 is 1.19 bits per heavy atom. The van der Waals surface area contributed by atoms with Gasteiger partial charge < -0.3 is 13.6 Å². The van der Waals surface area contributed by atoms with Gasteiger partial charge in [-0.25, -0.2) is 5.43 Å². The molecule has 9 nitrogen and oxygen atoms in total. The Kier molecular flexibility index (Phi) is 5.91. The molecule has 1 amide bonds. The molecule has 0 radical (unpaired) electrons. The summed E-state index contributed by atoms with van der Waals surface area (Å²) >= 11 is 6.13. The molecule has 0 spiro atoms. The number of carbonyl (C=O) groups is 1. The summed E-state index contributed by atoms with van der Waals surface area (Å²) in [5.41, 5.74) is 3.18. The molecule has 0 saturated heterocycles. The van der Waals surface area contributed by atoms with Gasteiger partial charge in [-0.15, -0.1) is 0 Å². The summed E-state index contributed by atoms with van der Waals surface area (Å²) in [5, 5.41) is 15.9. The predicted molar refractivity (Wildman–Crippen MR) is 118 cm³/mol. The fourth-order valence-electron chi connectivity index (χ4n) is 2.98. The van der Waals surface area contributed by atoms with E-state index < -0.39 is 10.8 Å². The third-order valence-corrected chi connectivity index (χ3v) is 4.76.